The number of nitrogens with one attached hydrogen (secondary N) is 6. The SMILES string of the molecule is COc1ccc(CC(NC(=O)C(CO)NC(=O)CN2CCOCC2)C(=O)NC(CC2=CCCCC2)C(=O)C2(C)CO2)cc1Oc1cc(CC(NC(=O)C(CO)NC(=O)CN2CCOCC2)C(=O)NC(CC2=CCCCC2)C(=O)C2(C)CO2)ccc1OC. The van der Waals surface area contributed by atoms with E-state index < -0.39 is 96.1 Å². The Balaban J connectivity index is 1.05. The summed E-state index contributed by atoms with van der Waals surface area (Å²) >= 11 is 0. The first-order valence-electron chi connectivity index (χ1n) is 30.3. The summed E-state index contributed by atoms with van der Waals surface area (Å²) < 4.78 is 40.0. The summed E-state index contributed by atoms with van der Waals surface area (Å²) in [7, 11) is 2.85. The van der Waals surface area contributed by atoms with E-state index in [-0.39, 0.29) is 86.6 Å². The zero-order valence-electron chi connectivity index (χ0n) is 50.4. The minimum absolute atomic E-state index is 0.0499. The van der Waals surface area contributed by atoms with E-state index in [2.05, 4.69) is 44.1 Å². The summed E-state index contributed by atoms with van der Waals surface area (Å²) in [4.78, 5) is 116. The average Bonchev–Trinajstić information content (AvgIpc) is 2.03. The number of ether oxygens (including phenoxy) is 7. The lowest BCUT2D eigenvalue weighted by atomic mass is 9.89. The van der Waals surface area contributed by atoms with E-state index in [0.717, 1.165) is 62.5 Å². The van der Waals surface area contributed by atoms with E-state index in [1.54, 1.807) is 50.2 Å². The molecule has 6 amide bonds. The lowest BCUT2D eigenvalue weighted by Gasteiger charge is -2.28. The number of aliphatic hydroxyl groups excluding tert-OH is 2. The molecule has 87 heavy (non-hydrogen) atoms. The number of carbonyl (C=O) groups is 8. The molecule has 0 radical (unpaired) electrons. The Labute approximate surface area is 507 Å². The van der Waals surface area contributed by atoms with Gasteiger partial charge in [0.25, 0.3) is 0 Å². The van der Waals surface area contributed by atoms with Crippen LogP contribution in [-0.4, -0.2) is 221 Å². The van der Waals surface area contributed by atoms with Crippen LogP contribution in [0, 0.1) is 0 Å². The smallest absolute Gasteiger partial charge is 0.245 e. The zero-order valence-corrected chi connectivity index (χ0v) is 50.4. The highest BCUT2D eigenvalue weighted by Gasteiger charge is 2.51. The van der Waals surface area contributed by atoms with Crippen LogP contribution >= 0.6 is 0 Å². The number of aliphatic hydroxyl groups is 2. The van der Waals surface area contributed by atoms with E-state index in [4.69, 9.17) is 33.2 Å². The van der Waals surface area contributed by atoms with Crippen LogP contribution < -0.4 is 46.1 Å². The lowest BCUT2D eigenvalue weighted by molar-refractivity contribution is -0.135. The molecule has 8 atom stereocenters. The monoisotopic (exact) mass is 1210 g/mol. The number of benzene rings is 2. The summed E-state index contributed by atoms with van der Waals surface area (Å²) in [6.45, 7) is 5.80. The zero-order chi connectivity index (χ0) is 62.1. The maximum absolute atomic E-state index is 14.7. The molecule has 2 aromatic carbocycles. The van der Waals surface area contributed by atoms with Gasteiger partial charge in [0, 0.05) is 39.0 Å². The molecule has 2 aliphatic carbocycles. The largest absolute Gasteiger partial charge is 0.493 e. The van der Waals surface area contributed by atoms with E-state index >= 15 is 0 Å². The van der Waals surface area contributed by atoms with Crippen LogP contribution in [0.4, 0.5) is 0 Å². The van der Waals surface area contributed by atoms with E-state index in [0.29, 0.717) is 63.7 Å². The van der Waals surface area contributed by atoms with Crippen LogP contribution in [0.25, 0.3) is 0 Å². The Bertz CT molecular complexity index is 2660. The third kappa shape index (κ3) is 19.1. The van der Waals surface area contributed by atoms with Crippen molar-refractivity contribution in [3.63, 3.8) is 0 Å². The van der Waals surface area contributed by atoms with Gasteiger partial charge in [0.15, 0.2) is 34.6 Å². The van der Waals surface area contributed by atoms with Crippen LogP contribution in [0.1, 0.15) is 89.2 Å². The summed E-state index contributed by atoms with van der Waals surface area (Å²) in [6, 6.07) is 1.99. The van der Waals surface area contributed by atoms with Gasteiger partial charge in [-0.1, -0.05) is 35.4 Å². The number of morpholine rings is 2. The third-order valence-electron chi connectivity index (χ3n) is 16.6. The van der Waals surface area contributed by atoms with Gasteiger partial charge >= 0.3 is 0 Å². The molecule has 8 rings (SSSR count). The van der Waals surface area contributed by atoms with Crippen molar-refractivity contribution in [3.05, 3.63) is 70.8 Å². The molecule has 25 nitrogen and oxygen atoms in total. The molecule has 8 N–H and O–H groups in total. The maximum Gasteiger partial charge on any atom is 0.245 e. The number of hydrogen-bond donors (Lipinski definition) is 8. The normalized spacial score (nSPS) is 22.4. The minimum atomic E-state index is -1.45. The molecule has 4 fully saturated rings. The molecule has 0 spiro atoms. The molecule has 4 heterocycles. The molecule has 0 aromatic heterocycles. The molecule has 0 bridgehead atoms. The number of Topliss-reactive ketones (excluding diaryl/α,β-unsaturated/α-hetero) is 2. The van der Waals surface area contributed by atoms with Gasteiger partial charge in [0.05, 0.1) is 92.2 Å². The van der Waals surface area contributed by atoms with Crippen molar-refractivity contribution in [1.29, 1.82) is 0 Å². The number of allylic oxidation sites excluding steroid dienone is 2. The third-order valence-corrected chi connectivity index (χ3v) is 16.6. The molecule has 25 heteroatoms. The topological polar surface area (TPSA) is 327 Å². The number of ketones is 2. The summed E-state index contributed by atoms with van der Waals surface area (Å²) in [5.41, 5.74) is 0.721. The van der Waals surface area contributed by atoms with Crippen LogP contribution in [-0.2, 0) is 70.1 Å². The number of hydrogen-bond acceptors (Lipinski definition) is 19. The van der Waals surface area contributed by atoms with Crippen molar-refractivity contribution in [2.75, 3.05) is 106 Å². The maximum atomic E-state index is 14.7. The molecule has 0 saturated carbocycles. The fourth-order valence-electron chi connectivity index (χ4n) is 11.1. The van der Waals surface area contributed by atoms with Gasteiger partial charge in [-0.2, -0.15) is 0 Å². The Morgan fingerprint density at radius 3 is 1.21 bits per heavy atom. The predicted octanol–water partition coefficient (Wildman–Crippen LogP) is 0.636. The number of amides is 6. The Morgan fingerprint density at radius 1 is 0.506 bits per heavy atom. The van der Waals surface area contributed by atoms with Gasteiger partial charge in [-0.3, -0.25) is 48.2 Å². The molecule has 4 saturated heterocycles. The molecular formula is C62H86N8O17. The van der Waals surface area contributed by atoms with Gasteiger partial charge < -0.3 is 75.3 Å². The summed E-state index contributed by atoms with van der Waals surface area (Å²) in [5, 5.41) is 37.4. The van der Waals surface area contributed by atoms with Crippen molar-refractivity contribution in [3.8, 4) is 23.0 Å². The van der Waals surface area contributed by atoms with Gasteiger partial charge in [-0.15, -0.1) is 0 Å². The summed E-state index contributed by atoms with van der Waals surface area (Å²) in [6.07, 6.45) is 11.3. The second-order valence-electron chi connectivity index (χ2n) is 23.5. The molecule has 4 aliphatic heterocycles. The van der Waals surface area contributed by atoms with Crippen molar-refractivity contribution < 1.29 is 81.7 Å². The van der Waals surface area contributed by atoms with Crippen molar-refractivity contribution in [2.24, 2.45) is 0 Å². The van der Waals surface area contributed by atoms with Crippen molar-refractivity contribution >= 4 is 47.0 Å². The highest BCUT2D eigenvalue weighted by molar-refractivity contribution is 6.00. The highest BCUT2D eigenvalue weighted by Crippen LogP contribution is 2.39. The van der Waals surface area contributed by atoms with Gasteiger partial charge in [0.1, 0.15) is 35.4 Å². The second-order valence-corrected chi connectivity index (χ2v) is 23.5. The number of epoxide rings is 2. The first-order valence-corrected chi connectivity index (χ1v) is 30.3. The second kappa shape index (κ2) is 31.4. The number of carbonyl (C=O) groups excluding carboxylic acids is 8. The van der Waals surface area contributed by atoms with Crippen molar-refractivity contribution in [2.45, 2.75) is 138 Å². The number of rotatable bonds is 32. The average molecular weight is 1220 g/mol. The predicted molar refractivity (Wildman–Crippen MR) is 315 cm³/mol. The van der Waals surface area contributed by atoms with Gasteiger partial charge in [-0.05, 0) is 113 Å². The Hall–Kier alpha value is -6.84. The highest BCUT2D eigenvalue weighted by atomic mass is 16.6. The van der Waals surface area contributed by atoms with Crippen LogP contribution in [0.3, 0.4) is 0 Å². The standard InChI is InChI=1S/C62H86N8O17/c1-61(37-85-61)55(75)43(27-39-11-7-5-8-12-39)65-57(77)45(67-59(79)47(35-71)63-53(73)33-69-19-23-83-24-20-69)29-41-15-17-49(81-3)51(31-41)87-52-32-42(16-18-50(52)82-4)30-46(68-60(80)48(36-72)64-54(74)34-70-21-25-84-26-22-70)58(78)66-44(56(76)62(2)38-86-62)28-40-13-9-6-10-14-40/h11,13,15-18,31-32,43-48,71-72H,5-10,12,14,19-30,33-38H2,1-4H3,(H,63,73)(H,64,74)(H,65,77)(H,66,78)(H,67,79)(H,68,80). The van der Waals surface area contributed by atoms with Gasteiger partial charge in [0.2, 0.25) is 35.4 Å². The first-order chi connectivity index (χ1) is 41.9. The van der Waals surface area contributed by atoms with Gasteiger partial charge in [-0.25, -0.2) is 0 Å². The van der Waals surface area contributed by atoms with Crippen LogP contribution in [0.2, 0.25) is 0 Å². The fraction of sp³-hybridized carbons (Fsp3) is 0.613. The molecule has 6 aliphatic rings. The molecule has 476 valence electrons. The van der Waals surface area contributed by atoms with E-state index in [1.807, 2.05) is 9.80 Å². The fourth-order valence-corrected chi connectivity index (χ4v) is 11.1. The molecular weight excluding hydrogens is 1130 g/mol. The minimum Gasteiger partial charge on any atom is -0.493 e. The quantitative estimate of drug-likeness (QED) is 0.0368. The molecule has 8 unspecified atom stereocenters. The lowest BCUT2D eigenvalue weighted by Crippen LogP contribution is -2.58. The molecule has 2 aromatic rings. The van der Waals surface area contributed by atoms with Crippen LogP contribution in [0.15, 0.2) is 59.7 Å². The number of nitrogens with zero attached hydrogens (tertiary/aromatic N) is 2. The Morgan fingerprint density at radius 2 is 0.874 bits per heavy atom. The number of methoxy groups -OCH3 is 2. The first kappa shape index (κ1) is 66.1. The van der Waals surface area contributed by atoms with Crippen LogP contribution in [0.5, 0.6) is 23.0 Å². The summed E-state index contributed by atoms with van der Waals surface area (Å²) in [5.74, 6) is -4.10. The van der Waals surface area contributed by atoms with E-state index in [1.165, 1.54) is 14.2 Å². The Kier molecular flexibility index (Phi) is 23.8. The van der Waals surface area contributed by atoms with E-state index in [9.17, 15) is 48.6 Å². The van der Waals surface area contributed by atoms with Crippen molar-refractivity contribution in [1.82, 2.24) is 41.7 Å².